The smallest absolute Gasteiger partial charge is 0.250 e. The molecule has 0 saturated carbocycles. The maximum Gasteiger partial charge on any atom is 0.250 e. The molecule has 3 amide bonds. The van der Waals surface area contributed by atoms with Gasteiger partial charge in [0.1, 0.15) is 22.9 Å². The van der Waals surface area contributed by atoms with E-state index < -0.39 is 52.8 Å². The van der Waals surface area contributed by atoms with E-state index in [9.17, 15) is 28.3 Å². The molecule has 3 N–H and O–H groups in total. The Morgan fingerprint density at radius 3 is 2.29 bits per heavy atom. The monoisotopic (exact) mass is 475 g/mol. The Balaban J connectivity index is 1.49. The number of fused-ring (bicyclic) bond motifs is 4. The first-order valence-electron chi connectivity index (χ1n) is 11.1. The molecule has 176 valence electrons. The van der Waals surface area contributed by atoms with Gasteiger partial charge in [0.05, 0.1) is 17.5 Å². The van der Waals surface area contributed by atoms with Crippen LogP contribution >= 0.6 is 0 Å². The van der Waals surface area contributed by atoms with E-state index in [1.165, 1.54) is 42.5 Å². The van der Waals surface area contributed by atoms with Crippen LogP contribution in [0.25, 0.3) is 0 Å². The van der Waals surface area contributed by atoms with E-state index >= 15 is 0 Å². The molecule has 2 fully saturated rings. The van der Waals surface area contributed by atoms with Crippen LogP contribution < -0.4 is 15.5 Å². The van der Waals surface area contributed by atoms with Gasteiger partial charge in [-0.05, 0) is 66.6 Å². The van der Waals surface area contributed by atoms with Crippen molar-refractivity contribution in [1.82, 2.24) is 5.32 Å². The van der Waals surface area contributed by atoms with Gasteiger partial charge in [0.2, 0.25) is 17.7 Å². The second-order valence-electron chi connectivity index (χ2n) is 9.07. The average Bonchev–Trinajstić information content (AvgIpc) is 3.41. The van der Waals surface area contributed by atoms with Crippen LogP contribution in [0.15, 0.2) is 66.7 Å². The second-order valence-corrected chi connectivity index (χ2v) is 9.07. The summed E-state index contributed by atoms with van der Waals surface area (Å²) >= 11 is 0. The Hall–Kier alpha value is -4.11. The first-order chi connectivity index (χ1) is 16.8. The van der Waals surface area contributed by atoms with Crippen LogP contribution in [0.3, 0.4) is 0 Å². The highest BCUT2D eigenvalue weighted by Gasteiger charge is 2.70. The van der Waals surface area contributed by atoms with Gasteiger partial charge < -0.3 is 10.4 Å². The van der Waals surface area contributed by atoms with E-state index in [1.54, 1.807) is 12.1 Å². The number of halogens is 2. The molecule has 0 aromatic heterocycles. The summed E-state index contributed by atoms with van der Waals surface area (Å²) in [4.78, 5) is 41.9. The van der Waals surface area contributed by atoms with Crippen molar-refractivity contribution >= 4 is 29.1 Å². The lowest BCUT2D eigenvalue weighted by molar-refractivity contribution is -0.130. The Morgan fingerprint density at radius 2 is 1.57 bits per heavy atom. The molecule has 3 aliphatic rings. The molecule has 3 aromatic carbocycles. The summed E-state index contributed by atoms with van der Waals surface area (Å²) in [5.41, 5.74) is -0.0338. The van der Waals surface area contributed by atoms with Gasteiger partial charge in [0.15, 0.2) is 0 Å². The lowest BCUT2D eigenvalue weighted by Crippen LogP contribution is -2.53. The van der Waals surface area contributed by atoms with Crippen molar-refractivity contribution in [2.75, 3.05) is 10.2 Å². The summed E-state index contributed by atoms with van der Waals surface area (Å²) < 4.78 is 27.8. The molecule has 3 aliphatic heterocycles. The number of phenols is 1. The first kappa shape index (κ1) is 21.4. The molecule has 0 aliphatic carbocycles. The number of imide groups is 1. The zero-order valence-electron chi connectivity index (χ0n) is 18.2. The van der Waals surface area contributed by atoms with Gasteiger partial charge in [0.25, 0.3) is 0 Å². The highest BCUT2D eigenvalue weighted by atomic mass is 19.1. The fourth-order valence-electron chi connectivity index (χ4n) is 5.68. The Kier molecular flexibility index (Phi) is 4.56. The highest BCUT2D eigenvalue weighted by Crippen LogP contribution is 2.54. The van der Waals surface area contributed by atoms with Crippen LogP contribution in [0.2, 0.25) is 0 Å². The fraction of sp³-hybridized carbons (Fsp3) is 0.192. The van der Waals surface area contributed by atoms with Crippen molar-refractivity contribution < 1.29 is 28.3 Å². The van der Waals surface area contributed by atoms with Crippen LogP contribution in [-0.2, 0) is 26.3 Å². The minimum Gasteiger partial charge on any atom is -0.508 e. The standard InChI is InChI=1S/C26H19F2N3O4/c27-14-3-6-16(7-4-14)31-23(33)21-20(11-13-1-8-17(32)9-2-13)30-26(22(21)24(31)34)18-12-15(28)5-10-19(18)29-25(26)35/h1-10,12,20-22,30,32H,11H2,(H,29,35)/t20?,21-,22+,26?/m0/s1. The largest absolute Gasteiger partial charge is 0.508 e. The van der Waals surface area contributed by atoms with Gasteiger partial charge in [0, 0.05) is 17.3 Å². The minimum atomic E-state index is -1.65. The second kappa shape index (κ2) is 7.44. The number of benzene rings is 3. The molecule has 6 rings (SSSR count). The van der Waals surface area contributed by atoms with Gasteiger partial charge in [-0.15, -0.1) is 0 Å². The summed E-state index contributed by atoms with van der Waals surface area (Å²) in [6.45, 7) is 0. The van der Waals surface area contributed by atoms with Crippen molar-refractivity contribution in [1.29, 1.82) is 0 Å². The lowest BCUT2D eigenvalue weighted by atomic mass is 9.76. The Morgan fingerprint density at radius 1 is 0.886 bits per heavy atom. The third-order valence-corrected chi connectivity index (χ3v) is 7.15. The van der Waals surface area contributed by atoms with E-state index in [-0.39, 0.29) is 23.4 Å². The van der Waals surface area contributed by atoms with Crippen molar-refractivity contribution in [3.8, 4) is 5.75 Å². The predicted octanol–water partition coefficient (Wildman–Crippen LogP) is 2.84. The topological polar surface area (TPSA) is 98.7 Å². The summed E-state index contributed by atoms with van der Waals surface area (Å²) in [7, 11) is 0. The van der Waals surface area contributed by atoms with E-state index in [1.807, 2.05) is 0 Å². The summed E-state index contributed by atoms with van der Waals surface area (Å²) in [5.74, 6) is -4.74. The first-order valence-corrected chi connectivity index (χ1v) is 11.1. The molecule has 1 spiro atoms. The zero-order chi connectivity index (χ0) is 24.5. The average molecular weight is 475 g/mol. The zero-order valence-corrected chi connectivity index (χ0v) is 18.2. The number of phenolic OH excluding ortho intramolecular Hbond substituents is 1. The molecule has 35 heavy (non-hydrogen) atoms. The number of amides is 3. The molecular weight excluding hydrogens is 456 g/mol. The predicted molar refractivity (Wildman–Crippen MR) is 121 cm³/mol. The molecule has 9 heteroatoms. The molecule has 2 unspecified atom stereocenters. The van der Waals surface area contributed by atoms with Crippen molar-refractivity contribution in [3.05, 3.63) is 89.5 Å². The van der Waals surface area contributed by atoms with Gasteiger partial charge >= 0.3 is 0 Å². The van der Waals surface area contributed by atoms with Gasteiger partial charge in [-0.3, -0.25) is 19.7 Å². The number of nitrogens with one attached hydrogen (secondary N) is 2. The Bertz CT molecular complexity index is 1390. The van der Waals surface area contributed by atoms with E-state index in [4.69, 9.17) is 0 Å². The number of anilines is 2. The van der Waals surface area contributed by atoms with E-state index in [2.05, 4.69) is 10.6 Å². The normalized spacial score (nSPS) is 26.9. The molecule has 7 nitrogen and oxygen atoms in total. The van der Waals surface area contributed by atoms with Crippen LogP contribution in [0.5, 0.6) is 5.75 Å². The minimum absolute atomic E-state index is 0.0802. The van der Waals surface area contributed by atoms with Crippen molar-refractivity contribution in [2.24, 2.45) is 11.8 Å². The molecular formula is C26H19F2N3O4. The summed E-state index contributed by atoms with van der Waals surface area (Å²) in [5, 5.41) is 15.6. The van der Waals surface area contributed by atoms with Crippen LogP contribution in [0, 0.1) is 23.5 Å². The SMILES string of the molecule is O=C1[C@H]2C(Cc3ccc(O)cc3)NC3(C(=O)Nc4ccc(F)cc43)[C@H]2C(=O)N1c1ccc(F)cc1. The third kappa shape index (κ3) is 3.01. The van der Waals surface area contributed by atoms with Gasteiger partial charge in [-0.25, -0.2) is 13.7 Å². The third-order valence-electron chi connectivity index (χ3n) is 7.15. The molecule has 3 heterocycles. The maximum atomic E-state index is 14.3. The number of hydrogen-bond donors (Lipinski definition) is 3. The number of aromatic hydroxyl groups is 1. The molecule has 0 bridgehead atoms. The fourth-order valence-corrected chi connectivity index (χ4v) is 5.68. The quantitative estimate of drug-likeness (QED) is 0.506. The summed E-state index contributed by atoms with van der Waals surface area (Å²) in [6.07, 6.45) is 0.275. The van der Waals surface area contributed by atoms with Crippen LogP contribution in [-0.4, -0.2) is 28.9 Å². The molecule has 0 radical (unpaired) electrons. The highest BCUT2D eigenvalue weighted by molar-refractivity contribution is 6.25. The lowest BCUT2D eigenvalue weighted by Gasteiger charge is -2.29. The summed E-state index contributed by atoms with van der Waals surface area (Å²) in [6, 6.07) is 14.6. The van der Waals surface area contributed by atoms with Crippen molar-refractivity contribution in [3.63, 3.8) is 0 Å². The number of carbonyl (C=O) groups excluding carboxylic acids is 3. The van der Waals surface area contributed by atoms with Gasteiger partial charge in [-0.1, -0.05) is 12.1 Å². The molecule has 3 aromatic rings. The van der Waals surface area contributed by atoms with Gasteiger partial charge in [-0.2, -0.15) is 0 Å². The molecule has 4 atom stereocenters. The van der Waals surface area contributed by atoms with Crippen LogP contribution in [0.1, 0.15) is 11.1 Å². The number of hydrogen-bond acceptors (Lipinski definition) is 5. The maximum absolute atomic E-state index is 14.3. The number of nitrogens with zero attached hydrogens (tertiary/aromatic N) is 1. The number of rotatable bonds is 3. The van der Waals surface area contributed by atoms with Crippen molar-refractivity contribution in [2.45, 2.75) is 18.0 Å². The number of carbonyl (C=O) groups is 3. The van der Waals surface area contributed by atoms with E-state index in [0.717, 1.165) is 22.6 Å². The van der Waals surface area contributed by atoms with Crippen LogP contribution in [0.4, 0.5) is 20.2 Å². The van der Waals surface area contributed by atoms with E-state index in [0.29, 0.717) is 5.69 Å². The Labute approximate surface area is 198 Å². The molecule has 2 saturated heterocycles.